The molecule has 70 valence electrons. The monoisotopic (exact) mass is 170 g/mol. The van der Waals surface area contributed by atoms with Crippen molar-refractivity contribution in [1.29, 1.82) is 0 Å². The van der Waals surface area contributed by atoms with E-state index < -0.39 is 5.60 Å². The molecule has 1 aliphatic carbocycles. The molecule has 2 fully saturated rings. The number of aliphatic hydroxyl groups is 1. The van der Waals surface area contributed by atoms with Gasteiger partial charge < -0.3 is 9.84 Å². The highest BCUT2D eigenvalue weighted by molar-refractivity contribution is 4.96. The Morgan fingerprint density at radius 3 is 2.92 bits per heavy atom. The SMILES string of the molecule is C[C@@H]1CC[C@@H]2[C@@H](C1)OC[C@@]2(C)O. The van der Waals surface area contributed by atoms with Crippen molar-refractivity contribution in [2.24, 2.45) is 11.8 Å². The maximum atomic E-state index is 9.95. The van der Waals surface area contributed by atoms with Crippen molar-refractivity contribution in [3.63, 3.8) is 0 Å². The zero-order valence-electron chi connectivity index (χ0n) is 7.92. The number of rotatable bonds is 0. The third-order valence-electron chi connectivity index (χ3n) is 3.44. The third-order valence-corrected chi connectivity index (χ3v) is 3.44. The van der Waals surface area contributed by atoms with Gasteiger partial charge in [-0.05, 0) is 25.7 Å². The number of fused-ring (bicyclic) bond motifs is 1. The predicted molar refractivity (Wildman–Crippen MR) is 46.9 cm³/mol. The van der Waals surface area contributed by atoms with Crippen molar-refractivity contribution >= 4 is 0 Å². The molecule has 0 spiro atoms. The van der Waals surface area contributed by atoms with Gasteiger partial charge in [-0.3, -0.25) is 0 Å². The zero-order chi connectivity index (χ0) is 8.77. The van der Waals surface area contributed by atoms with E-state index in [1.54, 1.807) is 0 Å². The zero-order valence-corrected chi connectivity index (χ0v) is 7.92. The van der Waals surface area contributed by atoms with Gasteiger partial charge in [-0.25, -0.2) is 0 Å². The summed E-state index contributed by atoms with van der Waals surface area (Å²) in [5.41, 5.74) is -0.551. The van der Waals surface area contributed by atoms with Crippen LogP contribution in [0.15, 0.2) is 0 Å². The average molecular weight is 170 g/mol. The van der Waals surface area contributed by atoms with Gasteiger partial charge in [0.2, 0.25) is 0 Å². The molecule has 0 radical (unpaired) electrons. The first-order chi connectivity index (χ1) is 5.59. The van der Waals surface area contributed by atoms with E-state index in [1.807, 2.05) is 6.92 Å². The van der Waals surface area contributed by atoms with Gasteiger partial charge in [-0.1, -0.05) is 13.3 Å². The topological polar surface area (TPSA) is 29.5 Å². The summed E-state index contributed by atoms with van der Waals surface area (Å²) in [5, 5.41) is 9.95. The van der Waals surface area contributed by atoms with E-state index in [-0.39, 0.29) is 0 Å². The van der Waals surface area contributed by atoms with Crippen molar-refractivity contribution in [1.82, 2.24) is 0 Å². The molecule has 2 heteroatoms. The van der Waals surface area contributed by atoms with Gasteiger partial charge in [0.1, 0.15) is 0 Å². The van der Waals surface area contributed by atoms with Crippen LogP contribution in [0.2, 0.25) is 0 Å². The Kier molecular flexibility index (Phi) is 1.92. The van der Waals surface area contributed by atoms with Crippen molar-refractivity contribution in [2.45, 2.75) is 44.8 Å². The molecule has 1 saturated heterocycles. The summed E-state index contributed by atoms with van der Waals surface area (Å²) >= 11 is 0. The lowest BCUT2D eigenvalue weighted by Gasteiger charge is -2.33. The lowest BCUT2D eigenvalue weighted by molar-refractivity contribution is 0.0127. The molecule has 1 heterocycles. The molecule has 0 amide bonds. The molecular weight excluding hydrogens is 152 g/mol. The molecule has 0 bridgehead atoms. The van der Waals surface area contributed by atoms with Crippen LogP contribution in [0, 0.1) is 11.8 Å². The molecule has 12 heavy (non-hydrogen) atoms. The van der Waals surface area contributed by atoms with Crippen LogP contribution in [0.3, 0.4) is 0 Å². The maximum Gasteiger partial charge on any atom is 0.0904 e. The quantitative estimate of drug-likeness (QED) is 0.598. The molecule has 1 saturated carbocycles. The highest BCUT2D eigenvalue weighted by Gasteiger charge is 2.46. The number of hydrogen-bond acceptors (Lipinski definition) is 2. The van der Waals surface area contributed by atoms with Gasteiger partial charge >= 0.3 is 0 Å². The highest BCUT2D eigenvalue weighted by atomic mass is 16.5. The summed E-state index contributed by atoms with van der Waals surface area (Å²) in [4.78, 5) is 0. The highest BCUT2D eigenvalue weighted by Crippen LogP contribution is 2.42. The Balaban J connectivity index is 2.08. The van der Waals surface area contributed by atoms with Crippen molar-refractivity contribution in [3.8, 4) is 0 Å². The van der Waals surface area contributed by atoms with E-state index in [2.05, 4.69) is 6.92 Å². The molecule has 1 aliphatic heterocycles. The van der Waals surface area contributed by atoms with Crippen LogP contribution in [-0.2, 0) is 4.74 Å². The second-order valence-corrected chi connectivity index (χ2v) is 4.73. The van der Waals surface area contributed by atoms with Gasteiger partial charge in [0.15, 0.2) is 0 Å². The fourth-order valence-corrected chi connectivity index (χ4v) is 2.61. The minimum absolute atomic E-state index is 0.337. The summed E-state index contributed by atoms with van der Waals surface area (Å²) in [6, 6.07) is 0. The normalized spacial score (nSPS) is 53.8. The molecule has 2 nitrogen and oxygen atoms in total. The first kappa shape index (κ1) is 8.52. The van der Waals surface area contributed by atoms with Crippen LogP contribution in [0.4, 0.5) is 0 Å². The number of hydrogen-bond donors (Lipinski definition) is 1. The van der Waals surface area contributed by atoms with E-state index in [9.17, 15) is 5.11 Å². The van der Waals surface area contributed by atoms with E-state index in [0.29, 0.717) is 18.6 Å². The standard InChI is InChI=1S/C10H18O2/c1-7-3-4-8-9(5-7)12-6-10(8,2)11/h7-9,11H,3-6H2,1-2H3/t7-,8-,9-,10-/m1/s1. The van der Waals surface area contributed by atoms with Crippen LogP contribution >= 0.6 is 0 Å². The predicted octanol–water partition coefficient (Wildman–Crippen LogP) is 1.57. The fourth-order valence-electron chi connectivity index (χ4n) is 2.61. The summed E-state index contributed by atoms with van der Waals surface area (Å²) in [6.07, 6.45) is 3.86. The minimum atomic E-state index is -0.551. The van der Waals surface area contributed by atoms with Crippen LogP contribution in [0.5, 0.6) is 0 Å². The summed E-state index contributed by atoms with van der Waals surface area (Å²) in [6.45, 7) is 4.72. The number of ether oxygens (including phenoxy) is 1. The van der Waals surface area contributed by atoms with E-state index in [1.165, 1.54) is 6.42 Å². The van der Waals surface area contributed by atoms with Gasteiger partial charge in [-0.15, -0.1) is 0 Å². The molecule has 0 unspecified atom stereocenters. The first-order valence-electron chi connectivity index (χ1n) is 4.93. The molecule has 0 aromatic rings. The van der Waals surface area contributed by atoms with Gasteiger partial charge in [0.05, 0.1) is 18.3 Å². The van der Waals surface area contributed by atoms with Crippen LogP contribution < -0.4 is 0 Å². The van der Waals surface area contributed by atoms with E-state index >= 15 is 0 Å². The molecule has 2 aliphatic rings. The molecule has 0 aromatic carbocycles. The van der Waals surface area contributed by atoms with Crippen molar-refractivity contribution in [2.75, 3.05) is 6.61 Å². The summed E-state index contributed by atoms with van der Waals surface area (Å²) in [5.74, 6) is 1.17. The largest absolute Gasteiger partial charge is 0.387 e. The maximum absolute atomic E-state index is 9.95. The van der Waals surface area contributed by atoms with Crippen molar-refractivity contribution in [3.05, 3.63) is 0 Å². The van der Waals surface area contributed by atoms with Gasteiger partial charge in [-0.2, -0.15) is 0 Å². The average Bonchev–Trinajstić information content (AvgIpc) is 2.27. The smallest absolute Gasteiger partial charge is 0.0904 e. The summed E-state index contributed by atoms with van der Waals surface area (Å²) < 4.78 is 5.59. The Bertz CT molecular complexity index is 177. The Morgan fingerprint density at radius 1 is 1.42 bits per heavy atom. The first-order valence-corrected chi connectivity index (χ1v) is 4.93. The van der Waals surface area contributed by atoms with Crippen LogP contribution in [0.25, 0.3) is 0 Å². The van der Waals surface area contributed by atoms with Gasteiger partial charge in [0.25, 0.3) is 0 Å². The van der Waals surface area contributed by atoms with Crippen LogP contribution in [0.1, 0.15) is 33.1 Å². The molecule has 4 atom stereocenters. The second-order valence-electron chi connectivity index (χ2n) is 4.73. The molecule has 2 rings (SSSR count). The lowest BCUT2D eigenvalue weighted by Crippen LogP contribution is -2.38. The third kappa shape index (κ3) is 1.27. The Labute approximate surface area is 73.9 Å². The van der Waals surface area contributed by atoms with Crippen molar-refractivity contribution < 1.29 is 9.84 Å². The summed E-state index contributed by atoms with van der Waals surface area (Å²) in [7, 11) is 0. The van der Waals surface area contributed by atoms with Gasteiger partial charge in [0, 0.05) is 5.92 Å². The molecule has 0 aromatic heterocycles. The minimum Gasteiger partial charge on any atom is -0.387 e. The molecule has 1 N–H and O–H groups in total. The van der Waals surface area contributed by atoms with E-state index in [0.717, 1.165) is 18.8 Å². The Morgan fingerprint density at radius 2 is 2.17 bits per heavy atom. The van der Waals surface area contributed by atoms with Crippen LogP contribution in [-0.4, -0.2) is 23.4 Å². The Hall–Kier alpha value is -0.0800. The van der Waals surface area contributed by atoms with E-state index in [4.69, 9.17) is 4.74 Å². The lowest BCUT2D eigenvalue weighted by atomic mass is 9.75. The molecular formula is C10H18O2. The second kappa shape index (κ2) is 2.71. The fraction of sp³-hybridized carbons (Fsp3) is 1.00.